The molecule has 1 unspecified atom stereocenters. The molecule has 0 radical (unpaired) electrons. The third-order valence-corrected chi connectivity index (χ3v) is 2.81. The Morgan fingerprint density at radius 3 is 2.67 bits per heavy atom. The number of amides is 1. The number of aromatic nitrogens is 2. The van der Waals surface area contributed by atoms with Crippen LogP contribution in [0.3, 0.4) is 0 Å². The van der Waals surface area contributed by atoms with Gasteiger partial charge in [-0.15, -0.1) is 0 Å². The van der Waals surface area contributed by atoms with Gasteiger partial charge in [0.2, 0.25) is 0 Å². The highest BCUT2D eigenvalue weighted by Crippen LogP contribution is 2.08. The summed E-state index contributed by atoms with van der Waals surface area (Å²) < 4.78 is 0. The van der Waals surface area contributed by atoms with Gasteiger partial charge in [0.25, 0.3) is 5.91 Å². The molecule has 1 aromatic rings. The van der Waals surface area contributed by atoms with E-state index in [1.54, 1.807) is 13.0 Å². The van der Waals surface area contributed by atoms with E-state index in [-0.39, 0.29) is 18.4 Å². The number of carbonyl (C=O) groups is 1. The number of nitrogens with zero attached hydrogens (tertiary/aromatic N) is 2. The van der Waals surface area contributed by atoms with E-state index in [2.05, 4.69) is 15.5 Å². The molecule has 100 valence electrons. The predicted molar refractivity (Wildman–Crippen MR) is 69.3 cm³/mol. The van der Waals surface area contributed by atoms with Crippen LogP contribution in [0.25, 0.3) is 0 Å². The summed E-state index contributed by atoms with van der Waals surface area (Å²) in [6.45, 7) is 7.80. The normalized spacial score (nSPS) is 12.6. The van der Waals surface area contributed by atoms with Gasteiger partial charge in [-0.2, -0.15) is 10.2 Å². The lowest BCUT2D eigenvalue weighted by atomic mass is 10.1. The molecule has 1 rings (SSSR count). The highest BCUT2D eigenvalue weighted by atomic mass is 16.3. The second-order valence-corrected chi connectivity index (χ2v) is 4.72. The van der Waals surface area contributed by atoms with Crippen LogP contribution in [-0.2, 0) is 6.42 Å². The third kappa shape index (κ3) is 3.77. The maximum atomic E-state index is 12.0. The Morgan fingerprint density at radius 2 is 2.11 bits per heavy atom. The summed E-state index contributed by atoms with van der Waals surface area (Å²) in [6.07, 6.45) is 0.123. The molecule has 1 aromatic heterocycles. The Morgan fingerprint density at radius 1 is 1.44 bits per heavy atom. The van der Waals surface area contributed by atoms with Crippen LogP contribution in [0.2, 0.25) is 0 Å². The van der Waals surface area contributed by atoms with E-state index in [0.29, 0.717) is 23.4 Å². The van der Waals surface area contributed by atoms with E-state index < -0.39 is 6.10 Å². The molecule has 1 atom stereocenters. The van der Waals surface area contributed by atoms with Gasteiger partial charge in [-0.25, -0.2) is 0 Å². The summed E-state index contributed by atoms with van der Waals surface area (Å²) in [4.78, 5) is 12.0. The number of hydrogen-bond donors (Lipinski definition) is 2. The zero-order valence-corrected chi connectivity index (χ0v) is 11.4. The first-order chi connectivity index (χ1) is 8.45. The number of aryl methyl sites for hydroxylation is 2. The van der Waals surface area contributed by atoms with Gasteiger partial charge in [0.15, 0.2) is 0 Å². The molecule has 18 heavy (non-hydrogen) atoms. The fraction of sp³-hybridized carbons (Fsp3) is 0.615. The Labute approximate surface area is 108 Å². The second kappa shape index (κ2) is 6.44. The Bertz CT molecular complexity index is 419. The summed E-state index contributed by atoms with van der Waals surface area (Å²) >= 11 is 0. The maximum absolute atomic E-state index is 12.0. The molecule has 0 bridgehead atoms. The largest absolute Gasteiger partial charge is 0.391 e. The predicted octanol–water partition coefficient (Wildman–Crippen LogP) is 1.09. The Kier molecular flexibility index (Phi) is 5.22. The van der Waals surface area contributed by atoms with Gasteiger partial charge in [0.1, 0.15) is 0 Å². The monoisotopic (exact) mass is 251 g/mol. The molecule has 1 amide bonds. The number of nitrogens with one attached hydrogen (secondary N) is 1. The van der Waals surface area contributed by atoms with E-state index in [1.807, 2.05) is 20.8 Å². The molecule has 0 aliphatic carbocycles. The molecule has 0 aliphatic heterocycles. The second-order valence-electron chi connectivity index (χ2n) is 4.72. The van der Waals surface area contributed by atoms with E-state index in [1.165, 1.54) is 0 Å². The summed E-state index contributed by atoms with van der Waals surface area (Å²) in [5.74, 6) is -0.0854. The summed E-state index contributed by atoms with van der Waals surface area (Å²) in [5.41, 5.74) is 1.93. The number of rotatable bonds is 5. The van der Waals surface area contributed by atoms with Crippen molar-refractivity contribution in [3.05, 3.63) is 23.0 Å². The minimum absolute atomic E-state index is 0.119. The van der Waals surface area contributed by atoms with Crippen molar-refractivity contribution in [3.63, 3.8) is 0 Å². The van der Waals surface area contributed by atoms with Crippen molar-refractivity contribution < 1.29 is 9.90 Å². The van der Waals surface area contributed by atoms with E-state index >= 15 is 0 Å². The molecular formula is C13H21N3O2. The molecule has 0 saturated carbocycles. The van der Waals surface area contributed by atoms with Crippen molar-refractivity contribution in [1.82, 2.24) is 15.5 Å². The van der Waals surface area contributed by atoms with Crippen LogP contribution in [0, 0.1) is 12.8 Å². The summed E-state index contributed by atoms with van der Waals surface area (Å²) in [7, 11) is 0. The zero-order valence-electron chi connectivity index (χ0n) is 11.4. The lowest BCUT2D eigenvalue weighted by Crippen LogP contribution is -2.35. The van der Waals surface area contributed by atoms with Gasteiger partial charge < -0.3 is 10.4 Å². The highest BCUT2D eigenvalue weighted by molar-refractivity contribution is 5.95. The first-order valence-electron chi connectivity index (χ1n) is 6.25. The molecular weight excluding hydrogens is 230 g/mol. The van der Waals surface area contributed by atoms with Gasteiger partial charge in [0.05, 0.1) is 23.1 Å². The third-order valence-electron chi connectivity index (χ3n) is 2.81. The van der Waals surface area contributed by atoms with Gasteiger partial charge in [0, 0.05) is 6.54 Å². The fourth-order valence-electron chi connectivity index (χ4n) is 1.50. The molecule has 2 N–H and O–H groups in total. The lowest BCUT2D eigenvalue weighted by Gasteiger charge is -2.15. The quantitative estimate of drug-likeness (QED) is 0.821. The number of carbonyl (C=O) groups excluding carboxylic acids is 1. The van der Waals surface area contributed by atoms with Crippen LogP contribution in [0.15, 0.2) is 6.07 Å². The molecule has 0 saturated heterocycles. The average Bonchev–Trinajstić information content (AvgIpc) is 2.35. The lowest BCUT2D eigenvalue weighted by molar-refractivity contribution is 0.0870. The van der Waals surface area contributed by atoms with Crippen molar-refractivity contribution in [2.45, 2.75) is 40.2 Å². The van der Waals surface area contributed by atoms with Crippen molar-refractivity contribution in [2.24, 2.45) is 5.92 Å². The van der Waals surface area contributed by atoms with Crippen molar-refractivity contribution in [1.29, 1.82) is 0 Å². The van der Waals surface area contributed by atoms with E-state index in [9.17, 15) is 9.90 Å². The molecule has 0 aliphatic rings. The first-order valence-corrected chi connectivity index (χ1v) is 6.25. The Balaban J connectivity index is 2.75. The number of aliphatic hydroxyl groups is 1. The average molecular weight is 251 g/mol. The molecule has 0 fully saturated rings. The number of hydrogen-bond acceptors (Lipinski definition) is 4. The van der Waals surface area contributed by atoms with E-state index in [4.69, 9.17) is 0 Å². The highest BCUT2D eigenvalue weighted by Gasteiger charge is 2.15. The summed E-state index contributed by atoms with van der Waals surface area (Å²) in [5, 5.41) is 20.3. The minimum Gasteiger partial charge on any atom is -0.391 e. The standard InChI is InChI=1S/C13H21N3O2/c1-5-11-10(6-9(4)15-16-11)13(18)14-7-12(17)8(2)3/h6,8,12,17H,5,7H2,1-4H3,(H,14,18). The molecule has 5 heteroatoms. The summed E-state index contributed by atoms with van der Waals surface area (Å²) in [6, 6.07) is 1.73. The van der Waals surface area contributed by atoms with Gasteiger partial charge in [-0.1, -0.05) is 20.8 Å². The molecule has 0 spiro atoms. The van der Waals surface area contributed by atoms with Gasteiger partial charge >= 0.3 is 0 Å². The van der Waals surface area contributed by atoms with Gasteiger partial charge in [-0.3, -0.25) is 4.79 Å². The van der Waals surface area contributed by atoms with Crippen molar-refractivity contribution in [3.8, 4) is 0 Å². The smallest absolute Gasteiger partial charge is 0.253 e. The van der Waals surface area contributed by atoms with Crippen LogP contribution in [0.1, 0.15) is 42.5 Å². The maximum Gasteiger partial charge on any atom is 0.253 e. The molecule has 0 aromatic carbocycles. The molecule has 1 heterocycles. The van der Waals surface area contributed by atoms with E-state index in [0.717, 1.165) is 0 Å². The van der Waals surface area contributed by atoms with Crippen LogP contribution in [-0.4, -0.2) is 33.9 Å². The van der Waals surface area contributed by atoms with Crippen molar-refractivity contribution in [2.75, 3.05) is 6.54 Å². The minimum atomic E-state index is -0.532. The molecule has 5 nitrogen and oxygen atoms in total. The Hall–Kier alpha value is -1.49. The van der Waals surface area contributed by atoms with Crippen LogP contribution in [0.5, 0.6) is 0 Å². The topological polar surface area (TPSA) is 75.1 Å². The first kappa shape index (κ1) is 14.6. The SMILES string of the molecule is CCc1nnc(C)cc1C(=O)NCC(O)C(C)C. The van der Waals surface area contributed by atoms with Crippen LogP contribution in [0.4, 0.5) is 0 Å². The number of aliphatic hydroxyl groups excluding tert-OH is 1. The van der Waals surface area contributed by atoms with Crippen LogP contribution < -0.4 is 5.32 Å². The fourth-order valence-corrected chi connectivity index (χ4v) is 1.50. The van der Waals surface area contributed by atoms with Gasteiger partial charge in [-0.05, 0) is 25.3 Å². The van der Waals surface area contributed by atoms with Crippen molar-refractivity contribution >= 4 is 5.91 Å². The zero-order chi connectivity index (χ0) is 13.7. The van der Waals surface area contributed by atoms with Crippen LogP contribution >= 0.6 is 0 Å².